The Bertz CT molecular complexity index is 464. The summed E-state index contributed by atoms with van der Waals surface area (Å²) in [6.45, 7) is 4.33. The van der Waals surface area contributed by atoms with E-state index in [4.69, 9.17) is 0 Å². The number of carbonyl (C=O) groups excluding carboxylic acids is 1. The molecule has 0 N–H and O–H groups in total. The Morgan fingerprint density at radius 1 is 1.26 bits per heavy atom. The van der Waals surface area contributed by atoms with Crippen LogP contribution in [0.5, 0.6) is 0 Å². The predicted molar refractivity (Wildman–Crippen MR) is 82.4 cm³/mol. The van der Waals surface area contributed by atoms with Gasteiger partial charge in [0, 0.05) is 23.1 Å². The van der Waals surface area contributed by atoms with Gasteiger partial charge in [0.25, 0.3) is 5.91 Å². The van der Waals surface area contributed by atoms with Gasteiger partial charge >= 0.3 is 0 Å². The largest absolute Gasteiger partial charge is 0.339 e. The molecule has 0 aromatic heterocycles. The van der Waals surface area contributed by atoms with Crippen LogP contribution in [0.3, 0.4) is 0 Å². The first-order valence-corrected chi connectivity index (χ1v) is 7.81. The number of benzene rings is 1. The Balaban J connectivity index is 2.08. The van der Waals surface area contributed by atoms with Crippen LogP contribution in [0.25, 0.3) is 0 Å². The average molecular weight is 324 g/mol. The predicted octanol–water partition coefficient (Wildman–Crippen LogP) is 4.41. The summed E-state index contributed by atoms with van der Waals surface area (Å²) in [5, 5.41) is 0. The van der Waals surface area contributed by atoms with Crippen LogP contribution >= 0.6 is 15.9 Å². The molecule has 0 atom stereocenters. The average Bonchev–Trinajstić information content (AvgIpc) is 2.41. The van der Waals surface area contributed by atoms with E-state index in [1.165, 1.54) is 12.8 Å². The molecule has 1 aliphatic rings. The van der Waals surface area contributed by atoms with E-state index in [0.717, 1.165) is 34.4 Å². The fourth-order valence-corrected chi connectivity index (χ4v) is 3.10. The van der Waals surface area contributed by atoms with E-state index in [1.807, 2.05) is 37.1 Å². The normalized spacial score (nSPS) is 23.2. The zero-order valence-corrected chi connectivity index (χ0v) is 13.5. The Kier molecular flexibility index (Phi) is 4.67. The van der Waals surface area contributed by atoms with E-state index in [2.05, 4.69) is 22.9 Å². The molecular formula is C16H22BrNO. The summed E-state index contributed by atoms with van der Waals surface area (Å²) in [5.41, 5.74) is 1.93. The van der Waals surface area contributed by atoms with Crippen molar-refractivity contribution in [1.29, 1.82) is 0 Å². The minimum Gasteiger partial charge on any atom is -0.339 e. The smallest absolute Gasteiger partial charge is 0.253 e. The van der Waals surface area contributed by atoms with Crippen molar-refractivity contribution in [2.75, 3.05) is 7.05 Å². The number of amides is 1. The molecule has 0 spiro atoms. The molecular weight excluding hydrogens is 302 g/mol. The maximum atomic E-state index is 12.5. The van der Waals surface area contributed by atoms with Crippen LogP contribution in [0.2, 0.25) is 0 Å². The maximum Gasteiger partial charge on any atom is 0.253 e. The van der Waals surface area contributed by atoms with Crippen LogP contribution in [0.15, 0.2) is 22.7 Å². The van der Waals surface area contributed by atoms with Crippen molar-refractivity contribution in [1.82, 2.24) is 4.90 Å². The molecule has 1 aromatic rings. The van der Waals surface area contributed by atoms with Gasteiger partial charge in [-0.1, -0.05) is 28.9 Å². The first kappa shape index (κ1) is 14.6. The fourth-order valence-electron chi connectivity index (χ4n) is 2.73. The van der Waals surface area contributed by atoms with E-state index in [1.54, 1.807) is 0 Å². The summed E-state index contributed by atoms with van der Waals surface area (Å²) < 4.78 is 1.00. The Morgan fingerprint density at radius 2 is 1.89 bits per heavy atom. The van der Waals surface area contributed by atoms with E-state index in [9.17, 15) is 4.79 Å². The molecule has 3 heteroatoms. The molecule has 19 heavy (non-hydrogen) atoms. The van der Waals surface area contributed by atoms with Crippen LogP contribution in [0.1, 0.15) is 48.5 Å². The third-order valence-electron chi connectivity index (χ3n) is 4.27. The molecule has 1 aromatic carbocycles. The van der Waals surface area contributed by atoms with E-state index < -0.39 is 0 Å². The van der Waals surface area contributed by atoms with E-state index in [0.29, 0.717) is 6.04 Å². The molecule has 1 saturated carbocycles. The minimum absolute atomic E-state index is 0.139. The van der Waals surface area contributed by atoms with Crippen molar-refractivity contribution in [3.8, 4) is 0 Å². The van der Waals surface area contributed by atoms with Crippen LogP contribution in [0.4, 0.5) is 0 Å². The summed E-state index contributed by atoms with van der Waals surface area (Å²) in [6.07, 6.45) is 4.74. The minimum atomic E-state index is 0.139. The molecule has 0 bridgehead atoms. The van der Waals surface area contributed by atoms with Gasteiger partial charge in [-0.05, 0) is 56.2 Å². The first-order chi connectivity index (χ1) is 8.99. The van der Waals surface area contributed by atoms with Gasteiger partial charge in [0.15, 0.2) is 0 Å². The molecule has 0 radical (unpaired) electrons. The van der Waals surface area contributed by atoms with Gasteiger partial charge in [-0.25, -0.2) is 0 Å². The molecule has 0 saturated heterocycles. The summed E-state index contributed by atoms with van der Waals surface area (Å²) in [4.78, 5) is 14.4. The monoisotopic (exact) mass is 323 g/mol. The highest BCUT2D eigenvalue weighted by molar-refractivity contribution is 9.10. The van der Waals surface area contributed by atoms with Crippen molar-refractivity contribution in [3.63, 3.8) is 0 Å². The van der Waals surface area contributed by atoms with Crippen LogP contribution < -0.4 is 0 Å². The van der Waals surface area contributed by atoms with Gasteiger partial charge in [0.2, 0.25) is 0 Å². The van der Waals surface area contributed by atoms with Crippen molar-refractivity contribution in [2.45, 2.75) is 45.6 Å². The highest BCUT2D eigenvalue weighted by Gasteiger charge is 2.25. The zero-order valence-electron chi connectivity index (χ0n) is 11.9. The SMILES string of the molecule is Cc1ccc(C(=O)N(C)C2CCC(C)CC2)cc1Br. The number of aryl methyl sites for hydroxylation is 1. The molecule has 104 valence electrons. The lowest BCUT2D eigenvalue weighted by atomic mass is 9.86. The van der Waals surface area contributed by atoms with E-state index in [-0.39, 0.29) is 5.91 Å². The number of carbonyl (C=O) groups is 1. The molecule has 1 amide bonds. The Hall–Kier alpha value is -0.830. The molecule has 2 rings (SSSR count). The third kappa shape index (κ3) is 3.38. The molecule has 0 heterocycles. The summed E-state index contributed by atoms with van der Waals surface area (Å²) in [7, 11) is 1.94. The second-order valence-electron chi connectivity index (χ2n) is 5.79. The van der Waals surface area contributed by atoms with Crippen molar-refractivity contribution >= 4 is 21.8 Å². The Morgan fingerprint density at radius 3 is 2.47 bits per heavy atom. The van der Waals surface area contributed by atoms with Crippen molar-refractivity contribution in [3.05, 3.63) is 33.8 Å². The lowest BCUT2D eigenvalue weighted by Crippen LogP contribution is -2.39. The summed E-state index contributed by atoms with van der Waals surface area (Å²) >= 11 is 3.50. The van der Waals surface area contributed by atoms with Crippen LogP contribution in [-0.4, -0.2) is 23.9 Å². The second kappa shape index (κ2) is 6.08. The van der Waals surface area contributed by atoms with E-state index >= 15 is 0 Å². The molecule has 0 unspecified atom stereocenters. The van der Waals surface area contributed by atoms with Gasteiger partial charge in [0.1, 0.15) is 0 Å². The third-order valence-corrected chi connectivity index (χ3v) is 5.13. The van der Waals surface area contributed by atoms with Crippen molar-refractivity contribution < 1.29 is 4.79 Å². The maximum absolute atomic E-state index is 12.5. The number of hydrogen-bond donors (Lipinski definition) is 0. The number of rotatable bonds is 2. The van der Waals surface area contributed by atoms with Crippen LogP contribution in [0, 0.1) is 12.8 Å². The van der Waals surface area contributed by atoms with Gasteiger partial charge in [-0.2, -0.15) is 0 Å². The molecule has 0 aliphatic heterocycles. The molecule has 2 nitrogen and oxygen atoms in total. The summed E-state index contributed by atoms with van der Waals surface area (Å²) in [6, 6.07) is 6.25. The second-order valence-corrected chi connectivity index (χ2v) is 6.65. The zero-order chi connectivity index (χ0) is 14.0. The van der Waals surface area contributed by atoms with Gasteiger partial charge in [0.05, 0.1) is 0 Å². The number of hydrogen-bond acceptors (Lipinski definition) is 1. The molecule has 1 fully saturated rings. The number of nitrogens with zero attached hydrogens (tertiary/aromatic N) is 1. The standard InChI is InChI=1S/C16H22BrNO/c1-11-4-8-14(9-5-11)18(3)16(19)13-7-6-12(2)15(17)10-13/h6-7,10-11,14H,4-5,8-9H2,1-3H3. The topological polar surface area (TPSA) is 20.3 Å². The van der Waals surface area contributed by atoms with Gasteiger partial charge < -0.3 is 4.90 Å². The lowest BCUT2D eigenvalue weighted by molar-refractivity contribution is 0.0679. The lowest BCUT2D eigenvalue weighted by Gasteiger charge is -2.33. The van der Waals surface area contributed by atoms with Gasteiger partial charge in [-0.3, -0.25) is 4.79 Å². The highest BCUT2D eigenvalue weighted by Crippen LogP contribution is 2.27. The first-order valence-electron chi connectivity index (χ1n) is 7.02. The van der Waals surface area contributed by atoms with Gasteiger partial charge in [-0.15, -0.1) is 0 Å². The summed E-state index contributed by atoms with van der Waals surface area (Å²) in [5.74, 6) is 0.952. The quantitative estimate of drug-likeness (QED) is 0.789. The fraction of sp³-hybridized carbons (Fsp3) is 0.562. The highest BCUT2D eigenvalue weighted by atomic mass is 79.9. The Labute approximate surface area is 124 Å². The van der Waals surface area contributed by atoms with Crippen molar-refractivity contribution in [2.24, 2.45) is 5.92 Å². The number of halogens is 1. The van der Waals surface area contributed by atoms with Crippen LogP contribution in [-0.2, 0) is 0 Å². The molecule has 1 aliphatic carbocycles.